The highest BCUT2D eigenvalue weighted by Gasteiger charge is 2.19. The number of anilines is 1. The van der Waals surface area contributed by atoms with E-state index in [0.717, 1.165) is 24.4 Å². The molecule has 0 saturated carbocycles. The Morgan fingerprint density at radius 1 is 0.943 bits per heavy atom. The van der Waals surface area contributed by atoms with Crippen LogP contribution in [0.25, 0.3) is 11.0 Å². The van der Waals surface area contributed by atoms with Crippen LogP contribution >= 0.6 is 0 Å². The maximum Gasteiger partial charge on any atom is 0.255 e. The van der Waals surface area contributed by atoms with E-state index in [4.69, 9.17) is 4.74 Å². The molecule has 2 N–H and O–H groups in total. The summed E-state index contributed by atoms with van der Waals surface area (Å²) in [6, 6.07) is 14.3. The molecule has 0 aliphatic carbocycles. The van der Waals surface area contributed by atoms with Gasteiger partial charge in [0, 0.05) is 35.5 Å². The minimum Gasteiger partial charge on any atom is -0.369 e. The van der Waals surface area contributed by atoms with Crippen LogP contribution in [0.2, 0.25) is 0 Å². The highest BCUT2D eigenvalue weighted by atomic mass is 19.2. The van der Waals surface area contributed by atoms with Crippen LogP contribution in [0.15, 0.2) is 66.9 Å². The van der Waals surface area contributed by atoms with Crippen LogP contribution in [-0.2, 0) is 4.74 Å². The summed E-state index contributed by atoms with van der Waals surface area (Å²) in [6.45, 7) is 2.08. The first-order valence-corrected chi connectivity index (χ1v) is 11.0. The van der Waals surface area contributed by atoms with Gasteiger partial charge in [-0.3, -0.25) is 14.6 Å². The first-order valence-electron chi connectivity index (χ1n) is 11.0. The fourth-order valence-electron chi connectivity index (χ4n) is 3.82. The topological polar surface area (TPSA) is 93.2 Å². The molecule has 7 nitrogen and oxygen atoms in total. The molecular formula is C26H20F2N4O3. The van der Waals surface area contributed by atoms with Crippen molar-refractivity contribution in [3.63, 3.8) is 0 Å². The molecule has 35 heavy (non-hydrogen) atoms. The van der Waals surface area contributed by atoms with Crippen LogP contribution in [0.5, 0.6) is 0 Å². The van der Waals surface area contributed by atoms with Gasteiger partial charge in [-0.1, -0.05) is 12.1 Å². The van der Waals surface area contributed by atoms with Crippen molar-refractivity contribution in [2.24, 2.45) is 0 Å². The summed E-state index contributed by atoms with van der Waals surface area (Å²) in [5, 5.41) is 5.86. The molecule has 2 heterocycles. The number of hydrogen-bond acceptors (Lipinski definition) is 6. The Morgan fingerprint density at radius 2 is 1.77 bits per heavy atom. The number of hydrogen-bond donors (Lipinski definition) is 2. The Bertz CT molecular complexity index is 1440. The number of morpholine rings is 1. The van der Waals surface area contributed by atoms with Crippen molar-refractivity contribution < 1.29 is 23.1 Å². The van der Waals surface area contributed by atoms with Crippen LogP contribution in [0, 0.1) is 11.6 Å². The van der Waals surface area contributed by atoms with Gasteiger partial charge in [0.05, 0.1) is 29.5 Å². The molecular weight excluding hydrogens is 454 g/mol. The lowest BCUT2D eigenvalue weighted by molar-refractivity contribution is 0.0250. The molecule has 1 saturated heterocycles. The predicted molar refractivity (Wildman–Crippen MR) is 125 cm³/mol. The summed E-state index contributed by atoms with van der Waals surface area (Å²) in [4.78, 5) is 34.6. The first-order chi connectivity index (χ1) is 17.0. The number of benzene rings is 3. The number of rotatable bonds is 5. The number of amides is 1. The SMILES string of the molecule is O=C(Nc1cccc(C(=O)c2ccc3nc(C4CNCCO4)cnc3c2)c1)c1ccc(F)c(F)c1. The third-order valence-corrected chi connectivity index (χ3v) is 5.64. The zero-order chi connectivity index (χ0) is 24.4. The van der Waals surface area contributed by atoms with Crippen LogP contribution in [0.4, 0.5) is 14.5 Å². The number of carbonyl (C=O) groups excluding carboxylic acids is 2. The molecule has 5 rings (SSSR count). The zero-order valence-electron chi connectivity index (χ0n) is 18.4. The average molecular weight is 474 g/mol. The smallest absolute Gasteiger partial charge is 0.255 e. The second-order valence-electron chi connectivity index (χ2n) is 8.05. The van der Waals surface area contributed by atoms with Crippen LogP contribution in [0.3, 0.4) is 0 Å². The summed E-state index contributed by atoms with van der Waals surface area (Å²) in [6.07, 6.45) is 1.49. The highest BCUT2D eigenvalue weighted by Crippen LogP contribution is 2.22. The van der Waals surface area contributed by atoms with Crippen molar-refractivity contribution in [2.45, 2.75) is 6.10 Å². The number of fused-ring (bicyclic) bond motifs is 1. The van der Waals surface area contributed by atoms with E-state index in [2.05, 4.69) is 20.6 Å². The lowest BCUT2D eigenvalue weighted by Crippen LogP contribution is -2.33. The summed E-state index contributed by atoms with van der Waals surface area (Å²) in [5.74, 6) is -3.04. The van der Waals surface area contributed by atoms with Crippen molar-refractivity contribution >= 4 is 28.4 Å². The molecule has 3 aromatic carbocycles. The summed E-state index contributed by atoms with van der Waals surface area (Å²) >= 11 is 0. The Hall–Kier alpha value is -4.08. The van der Waals surface area contributed by atoms with E-state index < -0.39 is 17.5 Å². The van der Waals surface area contributed by atoms with Gasteiger partial charge in [0.15, 0.2) is 17.4 Å². The molecule has 1 amide bonds. The minimum atomic E-state index is -1.11. The molecule has 0 radical (unpaired) electrons. The summed E-state index contributed by atoms with van der Waals surface area (Å²) in [7, 11) is 0. The number of carbonyl (C=O) groups is 2. The molecule has 1 atom stereocenters. The number of aromatic nitrogens is 2. The van der Waals surface area contributed by atoms with Gasteiger partial charge in [0.1, 0.15) is 6.10 Å². The Labute approximate surface area is 199 Å². The lowest BCUT2D eigenvalue weighted by atomic mass is 10.0. The molecule has 1 aliphatic heterocycles. The Kier molecular flexibility index (Phi) is 6.26. The minimum absolute atomic E-state index is 0.0393. The van der Waals surface area contributed by atoms with E-state index >= 15 is 0 Å². The van der Waals surface area contributed by atoms with E-state index in [1.54, 1.807) is 42.6 Å². The van der Waals surface area contributed by atoms with Crippen molar-refractivity contribution in [1.29, 1.82) is 0 Å². The molecule has 4 aromatic rings. The number of ether oxygens (including phenoxy) is 1. The molecule has 0 spiro atoms. The monoisotopic (exact) mass is 474 g/mol. The second kappa shape index (κ2) is 9.65. The van der Waals surface area contributed by atoms with Gasteiger partial charge in [0.25, 0.3) is 5.91 Å². The summed E-state index contributed by atoms with van der Waals surface area (Å²) < 4.78 is 32.3. The van der Waals surface area contributed by atoms with E-state index in [1.165, 1.54) is 12.1 Å². The van der Waals surface area contributed by atoms with E-state index in [1.807, 2.05) is 0 Å². The third kappa shape index (κ3) is 4.91. The van der Waals surface area contributed by atoms with Gasteiger partial charge in [-0.05, 0) is 48.5 Å². The maximum absolute atomic E-state index is 13.4. The van der Waals surface area contributed by atoms with E-state index in [0.29, 0.717) is 41.0 Å². The van der Waals surface area contributed by atoms with Gasteiger partial charge in [-0.15, -0.1) is 0 Å². The predicted octanol–water partition coefficient (Wildman–Crippen LogP) is 4.05. The Morgan fingerprint density at radius 3 is 2.57 bits per heavy atom. The van der Waals surface area contributed by atoms with Gasteiger partial charge < -0.3 is 15.4 Å². The highest BCUT2D eigenvalue weighted by molar-refractivity contribution is 6.11. The number of nitrogens with one attached hydrogen (secondary N) is 2. The molecule has 9 heteroatoms. The molecule has 1 fully saturated rings. The standard InChI is InChI=1S/C26H20F2N4O3/c27-19-6-4-17(11-20(19)28)26(34)31-18-3-1-2-15(10-18)25(33)16-5-7-21-22(12-16)30-13-23(32-21)24-14-29-8-9-35-24/h1-7,10-13,24,29H,8-9,14H2,(H,31,34). The van der Waals surface area contributed by atoms with Crippen LogP contribution in [-0.4, -0.2) is 41.4 Å². The molecule has 0 bridgehead atoms. The normalized spacial score (nSPS) is 15.7. The first kappa shape index (κ1) is 22.7. The van der Waals surface area contributed by atoms with Crippen molar-refractivity contribution in [1.82, 2.24) is 15.3 Å². The van der Waals surface area contributed by atoms with Gasteiger partial charge >= 0.3 is 0 Å². The quantitative estimate of drug-likeness (QED) is 0.424. The van der Waals surface area contributed by atoms with Crippen molar-refractivity contribution in [3.05, 3.63) is 101 Å². The van der Waals surface area contributed by atoms with Crippen LogP contribution in [0.1, 0.15) is 38.1 Å². The van der Waals surface area contributed by atoms with Gasteiger partial charge in [-0.25, -0.2) is 13.8 Å². The number of nitrogens with zero attached hydrogens (tertiary/aromatic N) is 2. The zero-order valence-corrected chi connectivity index (χ0v) is 18.4. The lowest BCUT2D eigenvalue weighted by Gasteiger charge is -2.22. The van der Waals surface area contributed by atoms with Crippen LogP contribution < -0.4 is 10.6 Å². The average Bonchev–Trinajstić information content (AvgIpc) is 2.90. The molecule has 176 valence electrons. The van der Waals surface area contributed by atoms with E-state index in [-0.39, 0.29) is 17.5 Å². The molecule has 1 aliphatic rings. The van der Waals surface area contributed by atoms with Crippen molar-refractivity contribution in [2.75, 3.05) is 25.0 Å². The molecule has 1 unspecified atom stereocenters. The van der Waals surface area contributed by atoms with Crippen molar-refractivity contribution in [3.8, 4) is 0 Å². The third-order valence-electron chi connectivity index (χ3n) is 5.64. The number of halogens is 2. The van der Waals surface area contributed by atoms with Gasteiger partial charge in [-0.2, -0.15) is 0 Å². The fraction of sp³-hybridized carbons (Fsp3) is 0.154. The number of ketones is 1. The molecule has 1 aromatic heterocycles. The summed E-state index contributed by atoms with van der Waals surface area (Å²) in [5.41, 5.74) is 3.03. The second-order valence-corrected chi connectivity index (χ2v) is 8.05. The van der Waals surface area contributed by atoms with E-state index in [9.17, 15) is 18.4 Å². The fourth-order valence-corrected chi connectivity index (χ4v) is 3.82. The largest absolute Gasteiger partial charge is 0.369 e. The Balaban J connectivity index is 1.34. The van der Waals surface area contributed by atoms with Gasteiger partial charge in [0.2, 0.25) is 0 Å². The maximum atomic E-state index is 13.4.